The van der Waals surface area contributed by atoms with Gasteiger partial charge in [-0.1, -0.05) is 0 Å². The highest BCUT2D eigenvalue weighted by atomic mass is 16.6. The van der Waals surface area contributed by atoms with Crippen molar-refractivity contribution < 1.29 is 14.3 Å². The van der Waals surface area contributed by atoms with Crippen LogP contribution in [0.1, 0.15) is 45.9 Å². The van der Waals surface area contributed by atoms with Crippen molar-refractivity contribution in [3.05, 3.63) is 23.5 Å². The zero-order chi connectivity index (χ0) is 15.6. The maximum atomic E-state index is 12.1. The van der Waals surface area contributed by atoms with Gasteiger partial charge in [-0.25, -0.2) is 4.79 Å². The van der Waals surface area contributed by atoms with E-state index in [0.29, 0.717) is 13.1 Å². The first-order valence-electron chi connectivity index (χ1n) is 7.37. The van der Waals surface area contributed by atoms with E-state index in [-0.39, 0.29) is 12.2 Å². The SMILES string of the molecule is CC(C)Oc1cnc2c(c1)CN(C(=O)OC(C)(C)C)CC2. The van der Waals surface area contributed by atoms with Crippen LogP contribution < -0.4 is 4.74 Å². The molecule has 1 amide bonds. The molecule has 0 atom stereocenters. The van der Waals surface area contributed by atoms with Gasteiger partial charge in [-0.3, -0.25) is 4.98 Å². The van der Waals surface area contributed by atoms with Gasteiger partial charge in [0.1, 0.15) is 11.4 Å². The molecule has 0 unspecified atom stereocenters. The summed E-state index contributed by atoms with van der Waals surface area (Å²) in [5.74, 6) is 0.745. The van der Waals surface area contributed by atoms with Gasteiger partial charge in [-0.05, 0) is 46.2 Å². The number of pyridine rings is 1. The Morgan fingerprint density at radius 1 is 1.38 bits per heavy atom. The summed E-state index contributed by atoms with van der Waals surface area (Å²) in [4.78, 5) is 18.3. The van der Waals surface area contributed by atoms with Gasteiger partial charge in [0.2, 0.25) is 0 Å². The van der Waals surface area contributed by atoms with E-state index in [1.807, 2.05) is 40.7 Å². The van der Waals surface area contributed by atoms with E-state index in [1.165, 1.54) is 0 Å². The number of amides is 1. The predicted octanol–water partition coefficient (Wildman–Crippen LogP) is 3.16. The van der Waals surface area contributed by atoms with E-state index >= 15 is 0 Å². The molecule has 0 fully saturated rings. The smallest absolute Gasteiger partial charge is 0.410 e. The Morgan fingerprint density at radius 2 is 2.10 bits per heavy atom. The van der Waals surface area contributed by atoms with E-state index in [2.05, 4.69) is 4.98 Å². The molecule has 1 aliphatic rings. The second-order valence-corrected chi connectivity index (χ2v) is 6.60. The summed E-state index contributed by atoms with van der Waals surface area (Å²) in [5.41, 5.74) is 1.59. The standard InChI is InChI=1S/C16H24N2O3/c1-11(2)20-13-8-12-10-18(7-6-14(12)17-9-13)15(19)21-16(3,4)5/h8-9,11H,6-7,10H2,1-5H3. The molecule has 21 heavy (non-hydrogen) atoms. The van der Waals surface area contributed by atoms with Gasteiger partial charge in [0.15, 0.2) is 0 Å². The van der Waals surface area contributed by atoms with E-state index in [9.17, 15) is 4.79 Å². The van der Waals surface area contributed by atoms with Crippen LogP contribution in [0.25, 0.3) is 0 Å². The molecule has 0 aromatic carbocycles. The van der Waals surface area contributed by atoms with Crippen LogP contribution in [0.15, 0.2) is 12.3 Å². The molecule has 0 radical (unpaired) electrons. The summed E-state index contributed by atoms with van der Waals surface area (Å²) in [5, 5.41) is 0. The van der Waals surface area contributed by atoms with Crippen molar-refractivity contribution in [3.8, 4) is 5.75 Å². The van der Waals surface area contributed by atoms with Gasteiger partial charge >= 0.3 is 6.09 Å². The van der Waals surface area contributed by atoms with Crippen LogP contribution in [-0.2, 0) is 17.7 Å². The lowest BCUT2D eigenvalue weighted by Gasteiger charge is -2.31. The lowest BCUT2D eigenvalue weighted by Crippen LogP contribution is -2.40. The largest absolute Gasteiger partial charge is 0.489 e. The molecule has 0 aliphatic carbocycles. The molecule has 0 bridgehead atoms. The van der Waals surface area contributed by atoms with Gasteiger partial charge in [0.25, 0.3) is 0 Å². The lowest BCUT2D eigenvalue weighted by atomic mass is 10.1. The zero-order valence-electron chi connectivity index (χ0n) is 13.5. The number of rotatable bonds is 2. The molecular weight excluding hydrogens is 268 g/mol. The topological polar surface area (TPSA) is 51.7 Å². The number of nitrogens with zero attached hydrogens (tertiary/aromatic N) is 2. The molecule has 0 N–H and O–H groups in total. The van der Waals surface area contributed by atoms with Gasteiger partial charge < -0.3 is 14.4 Å². The molecule has 1 aliphatic heterocycles. The van der Waals surface area contributed by atoms with Crippen LogP contribution in [0.2, 0.25) is 0 Å². The van der Waals surface area contributed by atoms with E-state index < -0.39 is 5.60 Å². The van der Waals surface area contributed by atoms with Crippen molar-refractivity contribution in [3.63, 3.8) is 0 Å². The number of hydrogen-bond acceptors (Lipinski definition) is 4. The second kappa shape index (κ2) is 5.92. The molecule has 0 saturated heterocycles. The van der Waals surface area contributed by atoms with Gasteiger partial charge in [-0.2, -0.15) is 0 Å². The highest BCUT2D eigenvalue weighted by Gasteiger charge is 2.26. The van der Waals surface area contributed by atoms with Crippen LogP contribution in [0.5, 0.6) is 5.75 Å². The quantitative estimate of drug-likeness (QED) is 0.840. The third-order valence-corrected chi connectivity index (χ3v) is 3.04. The average molecular weight is 292 g/mol. The minimum absolute atomic E-state index is 0.107. The summed E-state index contributed by atoms with van der Waals surface area (Å²) in [7, 11) is 0. The molecule has 5 nitrogen and oxygen atoms in total. The molecule has 116 valence electrons. The van der Waals surface area contributed by atoms with Crippen LogP contribution in [0.4, 0.5) is 4.79 Å². The fraction of sp³-hybridized carbons (Fsp3) is 0.625. The number of ether oxygens (including phenoxy) is 2. The van der Waals surface area contributed by atoms with E-state index in [1.54, 1.807) is 11.1 Å². The summed E-state index contributed by atoms with van der Waals surface area (Å²) in [6.07, 6.45) is 2.33. The number of carbonyl (C=O) groups excluding carboxylic acids is 1. The first-order chi connectivity index (χ1) is 9.74. The predicted molar refractivity (Wildman–Crippen MR) is 80.3 cm³/mol. The van der Waals surface area contributed by atoms with Crippen molar-refractivity contribution in [2.24, 2.45) is 0 Å². The number of hydrogen-bond donors (Lipinski definition) is 0. The van der Waals surface area contributed by atoms with Gasteiger partial charge in [0.05, 0.1) is 18.8 Å². The maximum absolute atomic E-state index is 12.1. The number of fused-ring (bicyclic) bond motifs is 1. The number of aromatic nitrogens is 1. The molecule has 0 saturated carbocycles. The first-order valence-corrected chi connectivity index (χ1v) is 7.37. The zero-order valence-corrected chi connectivity index (χ0v) is 13.5. The summed E-state index contributed by atoms with van der Waals surface area (Å²) in [6.45, 7) is 10.7. The summed E-state index contributed by atoms with van der Waals surface area (Å²) in [6, 6.07) is 1.97. The number of carbonyl (C=O) groups is 1. The van der Waals surface area contributed by atoms with Crippen molar-refractivity contribution in [1.82, 2.24) is 9.88 Å². The highest BCUT2D eigenvalue weighted by Crippen LogP contribution is 2.23. The molecule has 2 heterocycles. The Balaban J connectivity index is 2.09. The van der Waals surface area contributed by atoms with E-state index in [0.717, 1.165) is 23.4 Å². The maximum Gasteiger partial charge on any atom is 0.410 e. The third-order valence-electron chi connectivity index (χ3n) is 3.04. The van der Waals surface area contributed by atoms with Crippen molar-refractivity contribution in [1.29, 1.82) is 0 Å². The normalized spacial score (nSPS) is 14.9. The molecule has 1 aromatic rings. The lowest BCUT2D eigenvalue weighted by molar-refractivity contribution is 0.0222. The molecule has 1 aromatic heterocycles. The Bertz CT molecular complexity index is 521. The molecule has 0 spiro atoms. The fourth-order valence-corrected chi connectivity index (χ4v) is 2.22. The Morgan fingerprint density at radius 3 is 2.71 bits per heavy atom. The molecule has 5 heteroatoms. The average Bonchev–Trinajstić information content (AvgIpc) is 2.35. The van der Waals surface area contributed by atoms with Gasteiger partial charge in [-0.15, -0.1) is 0 Å². The fourth-order valence-electron chi connectivity index (χ4n) is 2.22. The van der Waals surface area contributed by atoms with Crippen molar-refractivity contribution in [2.45, 2.75) is 59.3 Å². The second-order valence-electron chi connectivity index (χ2n) is 6.60. The minimum Gasteiger partial charge on any atom is -0.489 e. The Labute approximate surface area is 126 Å². The highest BCUT2D eigenvalue weighted by molar-refractivity contribution is 5.68. The van der Waals surface area contributed by atoms with Crippen LogP contribution >= 0.6 is 0 Å². The molecular formula is C16H24N2O3. The summed E-state index contributed by atoms with van der Waals surface area (Å²) < 4.78 is 11.1. The van der Waals surface area contributed by atoms with Crippen LogP contribution in [0, 0.1) is 0 Å². The first kappa shape index (κ1) is 15.6. The van der Waals surface area contributed by atoms with Gasteiger partial charge in [0, 0.05) is 18.7 Å². The molecule has 2 rings (SSSR count). The Hall–Kier alpha value is -1.78. The Kier molecular flexibility index (Phi) is 4.40. The summed E-state index contributed by atoms with van der Waals surface area (Å²) >= 11 is 0. The minimum atomic E-state index is -0.474. The third kappa shape index (κ3) is 4.34. The van der Waals surface area contributed by atoms with Crippen LogP contribution in [0.3, 0.4) is 0 Å². The van der Waals surface area contributed by atoms with E-state index in [4.69, 9.17) is 9.47 Å². The van der Waals surface area contributed by atoms with Crippen molar-refractivity contribution in [2.75, 3.05) is 6.54 Å². The monoisotopic (exact) mass is 292 g/mol. The van der Waals surface area contributed by atoms with Crippen LogP contribution in [-0.4, -0.2) is 34.2 Å². The van der Waals surface area contributed by atoms with Crippen molar-refractivity contribution >= 4 is 6.09 Å².